The molecule has 1 fully saturated rings. The standard InChI is InChI=1S/C29H43NO5/c1-11-18(4)24-23(21(7)27(32)29(24,8)33)19(5)15-17(3)14-16(2)12-13-22-20(6)25(31)26(34-9)28(30-22)35-10/h11-12,15,21,23-24,27,32-33H,5,13-14H2,1-4,6-10H3,(H,30,31). The molecule has 3 N–H and O–H groups in total. The minimum atomic E-state index is -1.20. The lowest BCUT2D eigenvalue weighted by Gasteiger charge is -2.32. The fraction of sp³-hybridized carbons (Fsp3) is 0.552. The summed E-state index contributed by atoms with van der Waals surface area (Å²) in [5.74, 6) is 0.170. The molecule has 0 saturated heterocycles. The highest BCUT2D eigenvalue weighted by Crippen LogP contribution is 2.50. The third kappa shape index (κ3) is 5.81. The molecule has 6 nitrogen and oxygen atoms in total. The molecule has 2 rings (SSSR count). The Morgan fingerprint density at radius 3 is 2.37 bits per heavy atom. The first-order valence-electron chi connectivity index (χ1n) is 12.2. The number of hydrogen-bond donors (Lipinski definition) is 3. The number of pyridine rings is 1. The smallest absolute Gasteiger partial charge is 0.238 e. The van der Waals surface area contributed by atoms with Gasteiger partial charge in [-0.05, 0) is 59.8 Å². The second-order valence-corrected chi connectivity index (χ2v) is 10.2. The van der Waals surface area contributed by atoms with Gasteiger partial charge in [-0.3, -0.25) is 4.79 Å². The molecule has 0 bridgehead atoms. The van der Waals surface area contributed by atoms with E-state index in [-0.39, 0.29) is 28.9 Å². The lowest BCUT2D eigenvalue weighted by Crippen LogP contribution is -2.42. The number of aromatic amines is 1. The van der Waals surface area contributed by atoms with Crippen LogP contribution in [0.25, 0.3) is 0 Å². The summed E-state index contributed by atoms with van der Waals surface area (Å²) in [7, 11) is 2.95. The molecule has 1 heterocycles. The lowest BCUT2D eigenvalue weighted by atomic mass is 9.76. The molecule has 1 aliphatic carbocycles. The Labute approximate surface area is 210 Å². The minimum absolute atomic E-state index is 0.0464. The molecule has 1 aromatic heterocycles. The molecule has 5 unspecified atom stereocenters. The molecule has 1 aliphatic rings. The quantitative estimate of drug-likeness (QED) is 0.337. The largest absolute Gasteiger partial charge is 0.488 e. The van der Waals surface area contributed by atoms with Gasteiger partial charge in [0.05, 0.1) is 25.9 Å². The topological polar surface area (TPSA) is 91.8 Å². The highest BCUT2D eigenvalue weighted by atomic mass is 16.5. The van der Waals surface area contributed by atoms with Crippen molar-refractivity contribution in [3.05, 3.63) is 68.6 Å². The molecule has 6 heteroatoms. The van der Waals surface area contributed by atoms with Crippen LogP contribution in [0.5, 0.6) is 11.6 Å². The Morgan fingerprint density at radius 2 is 1.83 bits per heavy atom. The SMILES string of the molecule is C=C(C=C(C)CC(C)=CCc1[nH]c(OC)c(OC)c(=O)c1C)C1C(C)C(O)C(C)(O)C1C(C)=CC. The van der Waals surface area contributed by atoms with Crippen LogP contribution < -0.4 is 14.9 Å². The van der Waals surface area contributed by atoms with Crippen molar-refractivity contribution in [2.24, 2.45) is 17.8 Å². The average molecular weight is 486 g/mol. The van der Waals surface area contributed by atoms with Crippen LogP contribution in [-0.4, -0.2) is 41.1 Å². The van der Waals surface area contributed by atoms with Gasteiger partial charge in [0.15, 0.2) is 0 Å². The zero-order valence-corrected chi connectivity index (χ0v) is 22.8. The van der Waals surface area contributed by atoms with Crippen molar-refractivity contribution in [2.75, 3.05) is 14.2 Å². The summed E-state index contributed by atoms with van der Waals surface area (Å²) in [4.78, 5) is 15.7. The summed E-state index contributed by atoms with van der Waals surface area (Å²) in [5.41, 5.74) is 4.32. The van der Waals surface area contributed by atoms with Crippen LogP contribution in [0.15, 0.2) is 51.9 Å². The summed E-state index contributed by atoms with van der Waals surface area (Å²) < 4.78 is 10.5. The number of hydrogen-bond acceptors (Lipinski definition) is 5. The first-order chi connectivity index (χ1) is 16.3. The molecule has 5 atom stereocenters. The van der Waals surface area contributed by atoms with Crippen LogP contribution in [0.2, 0.25) is 0 Å². The van der Waals surface area contributed by atoms with E-state index in [1.807, 2.05) is 26.8 Å². The molecule has 0 aromatic carbocycles. The van der Waals surface area contributed by atoms with Gasteiger partial charge in [-0.15, -0.1) is 0 Å². The highest BCUT2D eigenvalue weighted by molar-refractivity contribution is 5.40. The van der Waals surface area contributed by atoms with E-state index in [1.54, 1.807) is 13.8 Å². The first kappa shape index (κ1) is 28.7. The number of H-pyrrole nitrogens is 1. The van der Waals surface area contributed by atoms with E-state index in [9.17, 15) is 15.0 Å². The molecule has 0 radical (unpaired) electrons. The van der Waals surface area contributed by atoms with Crippen molar-refractivity contribution < 1.29 is 19.7 Å². The van der Waals surface area contributed by atoms with E-state index >= 15 is 0 Å². The summed E-state index contributed by atoms with van der Waals surface area (Å²) in [6.45, 7) is 17.9. The summed E-state index contributed by atoms with van der Waals surface area (Å²) in [6, 6.07) is 0. The van der Waals surface area contributed by atoms with Gasteiger partial charge in [-0.2, -0.15) is 0 Å². The maximum Gasteiger partial charge on any atom is 0.238 e. The Morgan fingerprint density at radius 1 is 1.20 bits per heavy atom. The molecule has 35 heavy (non-hydrogen) atoms. The van der Waals surface area contributed by atoms with E-state index < -0.39 is 11.7 Å². The van der Waals surface area contributed by atoms with Crippen LogP contribution >= 0.6 is 0 Å². The number of methoxy groups -OCH3 is 2. The van der Waals surface area contributed by atoms with Crippen molar-refractivity contribution in [2.45, 2.75) is 73.0 Å². The fourth-order valence-corrected chi connectivity index (χ4v) is 5.54. The van der Waals surface area contributed by atoms with Gasteiger partial charge >= 0.3 is 0 Å². The summed E-state index contributed by atoms with van der Waals surface area (Å²) in [6.07, 6.45) is 6.71. The van der Waals surface area contributed by atoms with Gasteiger partial charge in [0.2, 0.25) is 17.1 Å². The van der Waals surface area contributed by atoms with Crippen molar-refractivity contribution in [1.82, 2.24) is 4.98 Å². The first-order valence-corrected chi connectivity index (χ1v) is 12.2. The maximum absolute atomic E-state index is 12.6. The molecular formula is C29H43NO5. The van der Waals surface area contributed by atoms with Crippen molar-refractivity contribution in [3.63, 3.8) is 0 Å². The Hall–Kier alpha value is -2.57. The Balaban J connectivity index is 2.22. The molecule has 1 aromatic rings. The van der Waals surface area contributed by atoms with Gasteiger partial charge in [0.1, 0.15) is 0 Å². The second-order valence-electron chi connectivity index (χ2n) is 10.2. The van der Waals surface area contributed by atoms with Gasteiger partial charge < -0.3 is 24.7 Å². The zero-order valence-electron chi connectivity index (χ0n) is 22.8. The van der Waals surface area contributed by atoms with E-state index in [4.69, 9.17) is 9.47 Å². The number of allylic oxidation sites excluding steroid dienone is 6. The minimum Gasteiger partial charge on any atom is -0.488 e. The summed E-state index contributed by atoms with van der Waals surface area (Å²) in [5, 5.41) is 21.8. The van der Waals surface area contributed by atoms with Crippen LogP contribution in [0, 0.1) is 24.7 Å². The van der Waals surface area contributed by atoms with Crippen LogP contribution in [0.1, 0.15) is 59.2 Å². The van der Waals surface area contributed by atoms with E-state index in [2.05, 4.69) is 37.6 Å². The molecular weight excluding hydrogens is 442 g/mol. The number of nitrogens with one attached hydrogen (secondary N) is 1. The predicted octanol–water partition coefficient (Wildman–Crippen LogP) is 5.04. The van der Waals surface area contributed by atoms with Crippen LogP contribution in [0.3, 0.4) is 0 Å². The van der Waals surface area contributed by atoms with E-state index in [0.717, 1.165) is 34.4 Å². The van der Waals surface area contributed by atoms with Crippen molar-refractivity contribution >= 4 is 0 Å². The lowest BCUT2D eigenvalue weighted by molar-refractivity contribution is -0.0686. The Kier molecular flexibility index (Phi) is 9.37. The number of aliphatic hydroxyl groups is 2. The van der Waals surface area contributed by atoms with Crippen molar-refractivity contribution in [3.8, 4) is 11.6 Å². The van der Waals surface area contributed by atoms with E-state index in [1.165, 1.54) is 14.2 Å². The average Bonchev–Trinajstić information content (AvgIpc) is 2.98. The van der Waals surface area contributed by atoms with E-state index in [0.29, 0.717) is 17.9 Å². The fourth-order valence-electron chi connectivity index (χ4n) is 5.54. The maximum atomic E-state index is 12.6. The predicted molar refractivity (Wildman–Crippen MR) is 142 cm³/mol. The highest BCUT2D eigenvalue weighted by Gasteiger charge is 2.55. The number of ether oxygens (including phenoxy) is 2. The number of aromatic nitrogens is 1. The van der Waals surface area contributed by atoms with Crippen molar-refractivity contribution in [1.29, 1.82) is 0 Å². The normalized spacial score (nSPS) is 27.8. The number of rotatable bonds is 9. The van der Waals surface area contributed by atoms with Crippen LogP contribution in [0.4, 0.5) is 0 Å². The summed E-state index contributed by atoms with van der Waals surface area (Å²) >= 11 is 0. The molecule has 194 valence electrons. The van der Waals surface area contributed by atoms with Crippen LogP contribution in [-0.2, 0) is 6.42 Å². The van der Waals surface area contributed by atoms with Gasteiger partial charge in [-0.1, -0.05) is 54.0 Å². The molecule has 1 saturated carbocycles. The van der Waals surface area contributed by atoms with Gasteiger partial charge in [0, 0.05) is 23.6 Å². The van der Waals surface area contributed by atoms with Gasteiger partial charge in [0.25, 0.3) is 0 Å². The number of aliphatic hydroxyl groups excluding tert-OH is 1. The zero-order chi connectivity index (χ0) is 26.7. The third-order valence-electron chi connectivity index (χ3n) is 7.55. The molecule has 0 spiro atoms. The molecule has 0 aliphatic heterocycles. The molecule has 0 amide bonds. The Bertz CT molecular complexity index is 1090. The monoisotopic (exact) mass is 485 g/mol. The van der Waals surface area contributed by atoms with Gasteiger partial charge in [-0.25, -0.2) is 0 Å². The third-order valence-corrected chi connectivity index (χ3v) is 7.55. The second kappa shape index (κ2) is 11.4.